The number of piperazine rings is 1. The van der Waals surface area contributed by atoms with Gasteiger partial charge in [0.1, 0.15) is 12.4 Å². The summed E-state index contributed by atoms with van der Waals surface area (Å²) in [6, 6.07) is 14.3. The Kier molecular flexibility index (Phi) is 5.08. The van der Waals surface area contributed by atoms with Gasteiger partial charge in [0, 0.05) is 15.6 Å². The van der Waals surface area contributed by atoms with E-state index >= 15 is 0 Å². The lowest BCUT2D eigenvalue weighted by Crippen LogP contribution is -3.13. The Morgan fingerprint density at radius 1 is 1.13 bits per heavy atom. The Hall–Kier alpha value is -1.72. The average molecular weight is 378 g/mol. The third-order valence-corrected chi connectivity index (χ3v) is 4.73. The van der Waals surface area contributed by atoms with Gasteiger partial charge in [-0.05, 0) is 30.3 Å². The van der Waals surface area contributed by atoms with E-state index < -0.39 is 0 Å². The van der Waals surface area contributed by atoms with Crippen LogP contribution in [0.4, 0.5) is 4.39 Å². The third kappa shape index (κ3) is 4.18. The number of rotatable bonds is 3. The zero-order valence-corrected chi connectivity index (χ0v) is 14.4. The first-order valence-electron chi connectivity index (χ1n) is 7.75. The van der Waals surface area contributed by atoms with Crippen LogP contribution in [0.3, 0.4) is 0 Å². The molecule has 1 fully saturated rings. The minimum absolute atomic E-state index is 0.0767. The molecule has 1 saturated heterocycles. The standard InChI is InChI=1S/C18H18BrFN2O/c19-16-6-4-14(5-7-16)13-21-8-10-22(11-9-21)18(23)15-2-1-3-17(20)12-15/h1-7,12H,8-11,13H2/p+1. The van der Waals surface area contributed by atoms with Crippen LogP contribution in [0.1, 0.15) is 15.9 Å². The highest BCUT2D eigenvalue weighted by Crippen LogP contribution is 2.10. The molecule has 0 aliphatic carbocycles. The Morgan fingerprint density at radius 2 is 1.83 bits per heavy atom. The van der Waals surface area contributed by atoms with Gasteiger partial charge in [0.2, 0.25) is 0 Å². The minimum atomic E-state index is -0.365. The predicted molar refractivity (Wildman–Crippen MR) is 90.8 cm³/mol. The maximum atomic E-state index is 13.2. The molecular weight excluding hydrogens is 359 g/mol. The molecule has 1 amide bonds. The molecule has 0 atom stereocenters. The second-order valence-electron chi connectivity index (χ2n) is 5.86. The summed E-state index contributed by atoms with van der Waals surface area (Å²) < 4.78 is 14.3. The molecule has 5 heteroatoms. The number of amides is 1. The molecule has 23 heavy (non-hydrogen) atoms. The van der Waals surface area contributed by atoms with Crippen molar-refractivity contribution >= 4 is 21.8 Å². The van der Waals surface area contributed by atoms with E-state index in [-0.39, 0.29) is 11.7 Å². The van der Waals surface area contributed by atoms with Crippen molar-refractivity contribution < 1.29 is 14.1 Å². The molecule has 1 aliphatic rings. The summed E-state index contributed by atoms with van der Waals surface area (Å²) in [6.07, 6.45) is 0. The summed E-state index contributed by atoms with van der Waals surface area (Å²) in [6.45, 7) is 4.21. The van der Waals surface area contributed by atoms with Crippen LogP contribution in [0.25, 0.3) is 0 Å². The van der Waals surface area contributed by atoms with Gasteiger partial charge in [0.15, 0.2) is 0 Å². The maximum Gasteiger partial charge on any atom is 0.254 e. The van der Waals surface area contributed by atoms with Crippen LogP contribution in [0.2, 0.25) is 0 Å². The Labute approximate surface area is 143 Å². The first-order chi connectivity index (χ1) is 11.1. The highest BCUT2D eigenvalue weighted by Gasteiger charge is 2.24. The number of nitrogens with one attached hydrogen (secondary N) is 1. The van der Waals surface area contributed by atoms with E-state index in [0.717, 1.165) is 24.1 Å². The quantitative estimate of drug-likeness (QED) is 0.870. The number of benzene rings is 2. The van der Waals surface area contributed by atoms with Crippen molar-refractivity contribution in [1.82, 2.24) is 4.90 Å². The molecule has 2 aromatic rings. The first-order valence-corrected chi connectivity index (χ1v) is 8.54. The van der Waals surface area contributed by atoms with Gasteiger partial charge in [-0.2, -0.15) is 0 Å². The minimum Gasteiger partial charge on any atom is -0.328 e. The second kappa shape index (κ2) is 7.23. The van der Waals surface area contributed by atoms with E-state index in [1.165, 1.54) is 22.6 Å². The fourth-order valence-corrected chi connectivity index (χ4v) is 3.16. The molecule has 0 aromatic heterocycles. The van der Waals surface area contributed by atoms with Crippen LogP contribution in [0.15, 0.2) is 53.0 Å². The van der Waals surface area contributed by atoms with Gasteiger partial charge in [-0.1, -0.05) is 34.1 Å². The molecule has 0 spiro atoms. The van der Waals surface area contributed by atoms with Crippen molar-refractivity contribution in [2.45, 2.75) is 6.54 Å². The Bertz CT molecular complexity index is 682. The van der Waals surface area contributed by atoms with Crippen LogP contribution < -0.4 is 4.90 Å². The van der Waals surface area contributed by atoms with Crippen molar-refractivity contribution in [3.8, 4) is 0 Å². The lowest BCUT2D eigenvalue weighted by atomic mass is 10.1. The summed E-state index contributed by atoms with van der Waals surface area (Å²) in [4.78, 5) is 15.7. The van der Waals surface area contributed by atoms with Crippen LogP contribution in [0.5, 0.6) is 0 Å². The highest BCUT2D eigenvalue weighted by atomic mass is 79.9. The summed E-state index contributed by atoms with van der Waals surface area (Å²) in [5, 5.41) is 0. The summed E-state index contributed by atoms with van der Waals surface area (Å²) >= 11 is 3.44. The van der Waals surface area contributed by atoms with E-state index in [1.54, 1.807) is 12.1 Å². The van der Waals surface area contributed by atoms with Crippen molar-refractivity contribution in [2.24, 2.45) is 0 Å². The Morgan fingerprint density at radius 3 is 2.48 bits per heavy atom. The van der Waals surface area contributed by atoms with Crippen molar-refractivity contribution in [3.05, 3.63) is 69.9 Å². The molecule has 0 unspecified atom stereocenters. The van der Waals surface area contributed by atoms with E-state index in [4.69, 9.17) is 0 Å². The number of hydrogen-bond donors (Lipinski definition) is 1. The van der Waals surface area contributed by atoms with Gasteiger partial charge in [-0.3, -0.25) is 4.79 Å². The highest BCUT2D eigenvalue weighted by molar-refractivity contribution is 9.10. The molecule has 0 saturated carbocycles. The zero-order valence-electron chi connectivity index (χ0n) is 12.8. The van der Waals surface area contributed by atoms with Crippen LogP contribution >= 0.6 is 15.9 Å². The van der Waals surface area contributed by atoms with E-state index in [9.17, 15) is 9.18 Å². The number of carbonyl (C=O) groups is 1. The number of halogens is 2. The van der Waals surface area contributed by atoms with Crippen LogP contribution in [0, 0.1) is 5.82 Å². The van der Waals surface area contributed by atoms with E-state index in [2.05, 4.69) is 40.2 Å². The molecular formula is C18H19BrFN2O+. The fourth-order valence-electron chi connectivity index (χ4n) is 2.90. The van der Waals surface area contributed by atoms with Crippen LogP contribution in [-0.4, -0.2) is 37.0 Å². The predicted octanol–water partition coefficient (Wildman–Crippen LogP) is 2.13. The topological polar surface area (TPSA) is 24.8 Å². The summed E-state index contributed by atoms with van der Waals surface area (Å²) in [7, 11) is 0. The lowest BCUT2D eigenvalue weighted by Gasteiger charge is -2.32. The second-order valence-corrected chi connectivity index (χ2v) is 6.77. The van der Waals surface area contributed by atoms with Gasteiger partial charge in [-0.15, -0.1) is 0 Å². The number of nitrogens with zero attached hydrogens (tertiary/aromatic N) is 1. The Balaban J connectivity index is 1.55. The van der Waals surface area contributed by atoms with Crippen LogP contribution in [-0.2, 0) is 6.54 Å². The van der Waals surface area contributed by atoms with Gasteiger partial charge in [0.05, 0.1) is 26.2 Å². The maximum absolute atomic E-state index is 13.2. The molecule has 1 N–H and O–H groups in total. The monoisotopic (exact) mass is 377 g/mol. The molecule has 3 nitrogen and oxygen atoms in total. The number of quaternary nitrogens is 1. The van der Waals surface area contributed by atoms with E-state index in [1.807, 2.05) is 4.90 Å². The average Bonchev–Trinajstić information content (AvgIpc) is 2.57. The smallest absolute Gasteiger partial charge is 0.254 e. The molecule has 0 radical (unpaired) electrons. The molecule has 2 aromatic carbocycles. The van der Waals surface area contributed by atoms with Gasteiger partial charge >= 0.3 is 0 Å². The molecule has 120 valence electrons. The number of hydrogen-bond acceptors (Lipinski definition) is 1. The van der Waals surface area contributed by atoms with Crippen molar-refractivity contribution in [3.63, 3.8) is 0 Å². The molecule has 1 heterocycles. The number of carbonyl (C=O) groups excluding carboxylic acids is 1. The van der Waals surface area contributed by atoms with Gasteiger partial charge in [0.25, 0.3) is 5.91 Å². The van der Waals surface area contributed by atoms with Crippen molar-refractivity contribution in [1.29, 1.82) is 0 Å². The third-order valence-electron chi connectivity index (χ3n) is 4.20. The van der Waals surface area contributed by atoms with Gasteiger partial charge < -0.3 is 9.80 Å². The zero-order chi connectivity index (χ0) is 16.2. The van der Waals surface area contributed by atoms with Crippen molar-refractivity contribution in [2.75, 3.05) is 26.2 Å². The molecule has 3 rings (SSSR count). The summed E-state index contributed by atoms with van der Waals surface area (Å²) in [5.74, 6) is -0.442. The van der Waals surface area contributed by atoms with Gasteiger partial charge in [-0.25, -0.2) is 4.39 Å². The van der Waals surface area contributed by atoms with E-state index in [0.29, 0.717) is 18.7 Å². The largest absolute Gasteiger partial charge is 0.328 e. The molecule has 1 aliphatic heterocycles. The normalized spacial score (nSPS) is 15.7. The lowest BCUT2D eigenvalue weighted by molar-refractivity contribution is -0.917. The first kappa shape index (κ1) is 16.1. The summed E-state index contributed by atoms with van der Waals surface area (Å²) in [5.41, 5.74) is 1.73. The fraction of sp³-hybridized carbons (Fsp3) is 0.278. The molecule has 0 bridgehead atoms. The SMILES string of the molecule is O=C(c1cccc(F)c1)N1CC[NH+](Cc2ccc(Br)cc2)CC1.